The molecule has 0 aliphatic rings. The van der Waals surface area contributed by atoms with Gasteiger partial charge in [0.15, 0.2) is 0 Å². The summed E-state index contributed by atoms with van der Waals surface area (Å²) in [5.41, 5.74) is 0. The quantitative estimate of drug-likeness (QED) is 0.350. The zero-order valence-corrected chi connectivity index (χ0v) is 12.9. The Morgan fingerprint density at radius 2 is 1.74 bits per heavy atom. The fourth-order valence-corrected chi connectivity index (χ4v) is 2.21. The predicted molar refractivity (Wildman–Crippen MR) is 82.4 cm³/mol. The van der Waals surface area contributed by atoms with Gasteiger partial charge in [-0.05, 0) is 31.6 Å². The summed E-state index contributed by atoms with van der Waals surface area (Å²) in [5.74, 6) is 0.0301. The molecule has 2 nitrogen and oxygen atoms in total. The molecule has 0 aliphatic carbocycles. The van der Waals surface area contributed by atoms with Crippen molar-refractivity contribution in [1.82, 2.24) is 0 Å². The summed E-state index contributed by atoms with van der Waals surface area (Å²) in [7, 11) is 0. The number of allylic oxidation sites excluding steroid dienone is 2. The van der Waals surface area contributed by atoms with Gasteiger partial charge in [-0.2, -0.15) is 0 Å². The number of unbranched alkanes of at least 4 members (excludes halogenated alkanes) is 7. The van der Waals surface area contributed by atoms with E-state index in [1.54, 1.807) is 0 Å². The van der Waals surface area contributed by atoms with Crippen molar-refractivity contribution in [2.24, 2.45) is 5.92 Å². The van der Waals surface area contributed by atoms with Crippen LogP contribution in [0.3, 0.4) is 0 Å². The molecule has 112 valence electrons. The second kappa shape index (κ2) is 13.6. The summed E-state index contributed by atoms with van der Waals surface area (Å²) in [6.45, 7) is 4.53. The summed E-state index contributed by atoms with van der Waals surface area (Å²) in [6, 6.07) is 0. The van der Waals surface area contributed by atoms with Crippen LogP contribution in [0.4, 0.5) is 0 Å². The highest BCUT2D eigenvalue weighted by Gasteiger charge is 1.99. The van der Waals surface area contributed by atoms with E-state index >= 15 is 0 Å². The summed E-state index contributed by atoms with van der Waals surface area (Å²) in [6.07, 6.45) is 17.1. The standard InChI is InChI=1S/C17H32O2/c1-3-4-5-7-10-13-16(2)14-11-8-6-9-12-15-17(18)19/h10,13,16H,3-9,11-12,14-15H2,1-2H3,(H,18,19)/b13-10-. The smallest absolute Gasteiger partial charge is 0.303 e. The van der Waals surface area contributed by atoms with Crippen molar-refractivity contribution >= 4 is 5.97 Å². The van der Waals surface area contributed by atoms with E-state index < -0.39 is 5.97 Å². The van der Waals surface area contributed by atoms with Gasteiger partial charge in [-0.3, -0.25) is 4.79 Å². The first kappa shape index (κ1) is 18.2. The molecule has 1 N–H and O–H groups in total. The fraction of sp³-hybridized carbons (Fsp3) is 0.824. The van der Waals surface area contributed by atoms with Gasteiger partial charge in [0, 0.05) is 6.42 Å². The zero-order valence-electron chi connectivity index (χ0n) is 12.9. The SMILES string of the molecule is CCCCC/C=C\C(C)CCCCCCCC(=O)O. The largest absolute Gasteiger partial charge is 0.481 e. The average Bonchev–Trinajstić information content (AvgIpc) is 2.37. The number of carboxylic acids is 1. The molecule has 0 heterocycles. The van der Waals surface area contributed by atoms with Gasteiger partial charge in [0.05, 0.1) is 0 Å². The average molecular weight is 268 g/mol. The lowest BCUT2D eigenvalue weighted by Gasteiger charge is -2.06. The molecular formula is C17H32O2. The third-order valence-corrected chi connectivity index (χ3v) is 3.49. The summed E-state index contributed by atoms with van der Waals surface area (Å²) < 4.78 is 0. The Kier molecular flexibility index (Phi) is 13.1. The van der Waals surface area contributed by atoms with E-state index in [4.69, 9.17) is 5.11 Å². The number of aliphatic carboxylic acids is 1. The van der Waals surface area contributed by atoms with Gasteiger partial charge in [0.1, 0.15) is 0 Å². The number of carbonyl (C=O) groups is 1. The maximum absolute atomic E-state index is 10.3. The van der Waals surface area contributed by atoms with Crippen LogP contribution >= 0.6 is 0 Å². The third kappa shape index (κ3) is 15.2. The summed E-state index contributed by atoms with van der Waals surface area (Å²) in [5, 5.41) is 8.52. The lowest BCUT2D eigenvalue weighted by atomic mass is 10.0. The van der Waals surface area contributed by atoms with Crippen LogP contribution in [0.2, 0.25) is 0 Å². The van der Waals surface area contributed by atoms with Gasteiger partial charge in [-0.1, -0.05) is 64.5 Å². The lowest BCUT2D eigenvalue weighted by Crippen LogP contribution is -1.94. The summed E-state index contributed by atoms with van der Waals surface area (Å²) in [4.78, 5) is 10.3. The van der Waals surface area contributed by atoms with Gasteiger partial charge < -0.3 is 5.11 Å². The van der Waals surface area contributed by atoms with Crippen LogP contribution in [0.1, 0.15) is 84.5 Å². The molecule has 0 aromatic carbocycles. The molecule has 0 fully saturated rings. The van der Waals surface area contributed by atoms with Crippen molar-refractivity contribution < 1.29 is 9.90 Å². The van der Waals surface area contributed by atoms with Crippen LogP contribution in [0.5, 0.6) is 0 Å². The van der Waals surface area contributed by atoms with Crippen LogP contribution in [-0.4, -0.2) is 11.1 Å². The predicted octanol–water partition coefficient (Wildman–Crippen LogP) is 5.57. The van der Waals surface area contributed by atoms with Gasteiger partial charge in [-0.15, -0.1) is 0 Å². The van der Waals surface area contributed by atoms with E-state index in [-0.39, 0.29) is 0 Å². The highest BCUT2D eigenvalue weighted by molar-refractivity contribution is 5.66. The Balaban J connectivity index is 3.28. The van der Waals surface area contributed by atoms with Gasteiger partial charge in [0.2, 0.25) is 0 Å². The van der Waals surface area contributed by atoms with E-state index in [1.165, 1.54) is 51.4 Å². The van der Waals surface area contributed by atoms with E-state index in [1.807, 2.05) is 0 Å². The minimum atomic E-state index is -0.665. The van der Waals surface area contributed by atoms with Crippen molar-refractivity contribution in [2.45, 2.75) is 84.5 Å². The van der Waals surface area contributed by atoms with Crippen molar-refractivity contribution in [3.8, 4) is 0 Å². The van der Waals surface area contributed by atoms with Crippen LogP contribution in [0.25, 0.3) is 0 Å². The number of hydrogen-bond acceptors (Lipinski definition) is 1. The Hall–Kier alpha value is -0.790. The molecule has 0 bridgehead atoms. The normalized spacial score (nSPS) is 12.9. The third-order valence-electron chi connectivity index (χ3n) is 3.49. The molecule has 2 heteroatoms. The molecule has 0 saturated carbocycles. The fourth-order valence-electron chi connectivity index (χ4n) is 2.21. The monoisotopic (exact) mass is 268 g/mol. The minimum Gasteiger partial charge on any atom is -0.481 e. The second-order valence-corrected chi connectivity index (χ2v) is 5.60. The highest BCUT2D eigenvalue weighted by Crippen LogP contribution is 2.13. The molecule has 0 aromatic heterocycles. The first-order valence-electron chi connectivity index (χ1n) is 8.05. The second-order valence-electron chi connectivity index (χ2n) is 5.60. The number of hydrogen-bond donors (Lipinski definition) is 1. The van der Waals surface area contributed by atoms with E-state index in [0.717, 1.165) is 12.8 Å². The van der Waals surface area contributed by atoms with Crippen LogP contribution in [0.15, 0.2) is 12.2 Å². The molecule has 19 heavy (non-hydrogen) atoms. The van der Waals surface area contributed by atoms with Gasteiger partial charge in [-0.25, -0.2) is 0 Å². The topological polar surface area (TPSA) is 37.3 Å². The van der Waals surface area contributed by atoms with Crippen LogP contribution in [0, 0.1) is 5.92 Å². The maximum Gasteiger partial charge on any atom is 0.303 e. The number of rotatable bonds is 13. The molecule has 0 rings (SSSR count). The van der Waals surface area contributed by atoms with Crippen LogP contribution in [-0.2, 0) is 4.79 Å². The van der Waals surface area contributed by atoms with Gasteiger partial charge >= 0.3 is 5.97 Å². The summed E-state index contributed by atoms with van der Waals surface area (Å²) >= 11 is 0. The van der Waals surface area contributed by atoms with Crippen LogP contribution < -0.4 is 0 Å². The zero-order chi connectivity index (χ0) is 14.3. The molecule has 0 aliphatic heterocycles. The Labute approximate surface area is 119 Å². The Morgan fingerprint density at radius 3 is 2.42 bits per heavy atom. The van der Waals surface area contributed by atoms with E-state index in [2.05, 4.69) is 26.0 Å². The van der Waals surface area contributed by atoms with E-state index in [9.17, 15) is 4.79 Å². The van der Waals surface area contributed by atoms with Crippen molar-refractivity contribution in [3.05, 3.63) is 12.2 Å². The first-order valence-corrected chi connectivity index (χ1v) is 8.05. The Bertz CT molecular complexity index is 233. The molecule has 1 unspecified atom stereocenters. The molecule has 0 spiro atoms. The molecule has 0 saturated heterocycles. The van der Waals surface area contributed by atoms with Gasteiger partial charge in [0.25, 0.3) is 0 Å². The van der Waals surface area contributed by atoms with E-state index in [0.29, 0.717) is 12.3 Å². The molecular weight excluding hydrogens is 236 g/mol. The highest BCUT2D eigenvalue weighted by atomic mass is 16.4. The van der Waals surface area contributed by atoms with Crippen molar-refractivity contribution in [3.63, 3.8) is 0 Å². The molecule has 0 amide bonds. The Morgan fingerprint density at radius 1 is 1.05 bits per heavy atom. The lowest BCUT2D eigenvalue weighted by molar-refractivity contribution is -0.137. The van der Waals surface area contributed by atoms with Crippen molar-refractivity contribution in [1.29, 1.82) is 0 Å². The first-order chi connectivity index (χ1) is 9.16. The minimum absolute atomic E-state index is 0.330. The molecule has 0 aromatic rings. The molecule has 0 radical (unpaired) electrons. The molecule has 1 atom stereocenters. The van der Waals surface area contributed by atoms with Crippen molar-refractivity contribution in [2.75, 3.05) is 0 Å². The maximum atomic E-state index is 10.3. The number of carboxylic acid groups (broad SMARTS) is 1.